The third-order valence-electron chi connectivity index (χ3n) is 13.2. The number of halogens is 2. The van der Waals surface area contributed by atoms with E-state index < -0.39 is 59.7 Å². The molecule has 4 fully saturated rings. The van der Waals surface area contributed by atoms with Crippen LogP contribution in [0.4, 0.5) is 0 Å². The zero-order valence-electron chi connectivity index (χ0n) is 44.0. The number of hydrogen-bond acceptors (Lipinski definition) is 14. The van der Waals surface area contributed by atoms with Gasteiger partial charge in [0.2, 0.25) is 23.6 Å². The number of ether oxygens (including phenoxy) is 1. The van der Waals surface area contributed by atoms with Crippen LogP contribution in [0.3, 0.4) is 0 Å². The van der Waals surface area contributed by atoms with Gasteiger partial charge in [0.05, 0.1) is 40.9 Å². The maximum absolute atomic E-state index is 13.0. The average molecular weight is 1180 g/mol. The van der Waals surface area contributed by atoms with Gasteiger partial charge >= 0.3 is 11.9 Å². The second kappa shape index (κ2) is 26.6. The van der Waals surface area contributed by atoms with Crippen molar-refractivity contribution in [2.75, 3.05) is 13.1 Å². The third kappa shape index (κ3) is 17.4. The molecule has 76 heavy (non-hydrogen) atoms. The van der Waals surface area contributed by atoms with Crippen molar-refractivity contribution >= 4 is 95.1 Å². The van der Waals surface area contributed by atoms with E-state index in [4.69, 9.17) is 14.9 Å². The normalized spacial score (nSPS) is 19.9. The number of esters is 1. The summed E-state index contributed by atoms with van der Waals surface area (Å²) < 4.78 is 7.20. The number of nitrogens with one attached hydrogen (secondary N) is 5. The molecule has 5 amide bonds. The molecule has 4 aromatic rings. The van der Waals surface area contributed by atoms with Gasteiger partial charge in [0.15, 0.2) is 6.10 Å². The highest BCUT2D eigenvalue weighted by molar-refractivity contribution is 9.10. The van der Waals surface area contributed by atoms with E-state index >= 15 is 0 Å². The molecular weight excluding hydrogens is 1110 g/mol. The zero-order valence-corrected chi connectivity index (χ0v) is 47.1. The third-order valence-corrected chi connectivity index (χ3v) is 14.2. The lowest BCUT2D eigenvalue weighted by molar-refractivity contribution is -0.159. The maximum atomic E-state index is 13.0. The number of hydrazine groups is 2. The standard InChI is InChI=1S/C25H33BrN4O4.C24H30BrN5O4.C5H8O3/c1-15(13-22(31)34-25(3,4)5)24(33)30-12-6-7-20(29-30)23(32)27-16(2)19-11-9-17-8-10-18(26)14-21(17)28-19;1-13(18-10-8-15-7-9-17(25)12-20(15)28-18)26-22(32)19-4-3-11-30(29-19)24(34)14(2)27-23(33)21(31)16-5-6-16;6-4(5(7)8)3-1-2-3/h8-11,14-16,20,29H,6-7,12-13H2,1-5H3,(H,27,32);7-10,12-14,16,19,21,29,31H,3-6,11H2,1-2H3,(H,26,32)(H,27,33);3-4,6H,1-2H2,(H,7,8)/t15-,16-,20+;13-,14+,19+,21?;/m11./s1. The largest absolute Gasteiger partial charge is 0.479 e. The maximum Gasteiger partial charge on any atom is 0.332 e. The number of pyridine rings is 2. The van der Waals surface area contributed by atoms with Gasteiger partial charge in [0.1, 0.15) is 29.8 Å². The van der Waals surface area contributed by atoms with Crippen LogP contribution in [0.5, 0.6) is 0 Å². The highest BCUT2D eigenvalue weighted by Crippen LogP contribution is 2.33. The van der Waals surface area contributed by atoms with Crippen LogP contribution in [0.15, 0.2) is 69.6 Å². The summed E-state index contributed by atoms with van der Waals surface area (Å²) >= 11 is 6.92. The number of aliphatic hydroxyl groups is 2. The molecule has 4 aliphatic rings. The summed E-state index contributed by atoms with van der Waals surface area (Å²) in [5, 5.41) is 40.2. The number of aliphatic hydroxyl groups excluding tert-OH is 2. The molecule has 8 atom stereocenters. The van der Waals surface area contributed by atoms with E-state index in [1.54, 1.807) is 34.6 Å². The van der Waals surface area contributed by atoms with Gasteiger partial charge in [-0.3, -0.25) is 48.8 Å². The van der Waals surface area contributed by atoms with Crippen molar-refractivity contribution in [1.29, 1.82) is 0 Å². The summed E-state index contributed by atoms with van der Waals surface area (Å²) in [5.74, 6) is -3.53. The molecule has 2 aliphatic heterocycles. The number of rotatable bonds is 15. The lowest BCUT2D eigenvalue weighted by Gasteiger charge is -2.35. The van der Waals surface area contributed by atoms with Crippen LogP contribution in [0.2, 0.25) is 0 Å². The molecule has 2 aromatic heterocycles. The number of carbonyl (C=O) groups excluding carboxylic acids is 6. The number of carbonyl (C=O) groups is 7. The van der Waals surface area contributed by atoms with E-state index in [2.05, 4.69) is 68.6 Å². The summed E-state index contributed by atoms with van der Waals surface area (Å²) in [7, 11) is 0. The topological polar surface area (TPSA) is 282 Å². The van der Waals surface area contributed by atoms with Gasteiger partial charge in [-0.2, -0.15) is 0 Å². The molecule has 2 unspecified atom stereocenters. The van der Waals surface area contributed by atoms with E-state index in [9.17, 15) is 38.7 Å². The smallest absolute Gasteiger partial charge is 0.332 e. The number of benzene rings is 2. The highest BCUT2D eigenvalue weighted by Gasteiger charge is 2.38. The molecule has 2 saturated heterocycles. The predicted octanol–water partition coefficient (Wildman–Crippen LogP) is 5.83. The van der Waals surface area contributed by atoms with Gasteiger partial charge in [-0.05, 0) is 141 Å². The molecule has 2 aromatic carbocycles. The fraction of sp³-hybridized carbons (Fsp3) is 0.537. The molecule has 22 heteroatoms. The van der Waals surface area contributed by atoms with E-state index in [0.29, 0.717) is 38.8 Å². The number of aromatic nitrogens is 2. The minimum atomic E-state index is -1.10. The molecule has 8 N–H and O–H groups in total. The SMILES string of the molecule is C[C@H](CC(=O)OC(C)(C)C)C(=O)N1CCC[C@@H](C(=O)N[C@H](C)c2ccc3ccc(Br)cc3n2)N1.C[C@H](NC(=O)C(O)C1CC1)C(=O)N1CCC[C@@H](C(=O)N[C@H](C)c2ccc3ccc(Br)cc3n2)N1.O=C(O)C(O)C1CC1. The summed E-state index contributed by atoms with van der Waals surface area (Å²) in [6.45, 7) is 13.3. The molecule has 20 nitrogen and oxygen atoms in total. The van der Waals surface area contributed by atoms with Crippen LogP contribution >= 0.6 is 31.9 Å². The van der Waals surface area contributed by atoms with Crippen molar-refractivity contribution in [1.82, 2.24) is 46.8 Å². The Morgan fingerprint density at radius 2 is 1.09 bits per heavy atom. The first-order chi connectivity index (χ1) is 35.9. The molecule has 412 valence electrons. The lowest BCUT2D eigenvalue weighted by Crippen LogP contribution is -2.61. The monoisotopic (exact) mass is 1180 g/mol. The number of nitrogens with zero attached hydrogens (tertiary/aromatic N) is 4. The van der Waals surface area contributed by atoms with Crippen molar-refractivity contribution in [3.8, 4) is 0 Å². The minimum Gasteiger partial charge on any atom is -0.479 e. The van der Waals surface area contributed by atoms with Crippen LogP contribution in [-0.2, 0) is 38.3 Å². The van der Waals surface area contributed by atoms with Crippen molar-refractivity contribution in [3.05, 3.63) is 81.0 Å². The van der Waals surface area contributed by atoms with E-state index in [-0.39, 0.29) is 54.0 Å². The summed E-state index contributed by atoms with van der Waals surface area (Å²) in [6, 6.07) is 17.0. The number of fused-ring (bicyclic) bond motifs is 2. The molecule has 4 heterocycles. The molecular formula is C54H71Br2N9O11. The van der Waals surface area contributed by atoms with Gasteiger partial charge in [-0.25, -0.2) is 15.6 Å². The van der Waals surface area contributed by atoms with Gasteiger partial charge < -0.3 is 36.0 Å². The number of aliphatic carboxylic acids is 1. The molecule has 8 rings (SSSR count). The summed E-state index contributed by atoms with van der Waals surface area (Å²) in [4.78, 5) is 95.1. The Balaban J connectivity index is 0.000000215. The Hall–Kier alpha value is -5.65. The minimum absolute atomic E-state index is 0.00801. The number of carboxylic acid groups (broad SMARTS) is 1. The Morgan fingerprint density at radius 1 is 0.658 bits per heavy atom. The first-order valence-corrected chi connectivity index (χ1v) is 27.4. The van der Waals surface area contributed by atoms with Gasteiger partial charge in [0, 0.05) is 38.7 Å². The van der Waals surface area contributed by atoms with Crippen molar-refractivity contribution in [3.63, 3.8) is 0 Å². The van der Waals surface area contributed by atoms with Crippen LogP contribution in [0, 0.1) is 17.8 Å². The molecule has 2 aliphatic carbocycles. The van der Waals surface area contributed by atoms with Crippen LogP contribution in [0.1, 0.15) is 130 Å². The van der Waals surface area contributed by atoms with Gasteiger partial charge in [-0.15, -0.1) is 0 Å². The summed E-state index contributed by atoms with van der Waals surface area (Å²) in [6.07, 6.45) is 3.74. The number of hydrogen-bond donors (Lipinski definition) is 8. The van der Waals surface area contributed by atoms with Crippen LogP contribution in [0.25, 0.3) is 21.8 Å². The highest BCUT2D eigenvalue weighted by atomic mass is 79.9. The Bertz CT molecular complexity index is 2750. The average Bonchev–Trinajstić information content (AvgIpc) is 4.33. The Morgan fingerprint density at radius 3 is 1.51 bits per heavy atom. The van der Waals surface area contributed by atoms with Crippen LogP contribution < -0.4 is 26.8 Å². The van der Waals surface area contributed by atoms with E-state index in [0.717, 1.165) is 67.8 Å². The van der Waals surface area contributed by atoms with Crippen molar-refractivity contribution in [2.45, 2.75) is 154 Å². The molecule has 0 bridgehead atoms. The molecule has 2 saturated carbocycles. The Labute approximate surface area is 459 Å². The predicted molar refractivity (Wildman–Crippen MR) is 290 cm³/mol. The second-order valence-electron chi connectivity index (χ2n) is 21.1. The Kier molecular flexibility index (Phi) is 20.9. The lowest BCUT2D eigenvalue weighted by atomic mass is 10.0. The van der Waals surface area contributed by atoms with Gasteiger partial charge in [-0.1, -0.05) is 63.0 Å². The molecule has 0 radical (unpaired) electrons. The van der Waals surface area contributed by atoms with Crippen molar-refractivity contribution < 1.29 is 53.6 Å². The second-order valence-corrected chi connectivity index (χ2v) is 22.9. The fourth-order valence-electron chi connectivity index (χ4n) is 8.56. The quantitative estimate of drug-likeness (QED) is 0.0651. The summed E-state index contributed by atoms with van der Waals surface area (Å²) in [5.41, 5.74) is 8.63. The van der Waals surface area contributed by atoms with Crippen molar-refractivity contribution in [2.24, 2.45) is 17.8 Å². The zero-order chi connectivity index (χ0) is 55.6. The molecule has 0 spiro atoms. The fourth-order valence-corrected chi connectivity index (χ4v) is 9.26. The van der Waals surface area contributed by atoms with E-state index in [1.165, 1.54) is 10.0 Å². The number of carboxylic acids is 1. The van der Waals surface area contributed by atoms with E-state index in [1.807, 2.05) is 74.5 Å². The van der Waals surface area contributed by atoms with Crippen LogP contribution in [-0.4, -0.2) is 126 Å². The first kappa shape index (κ1) is 59.6. The first-order valence-electron chi connectivity index (χ1n) is 25.9. The number of amides is 5. The van der Waals surface area contributed by atoms with Gasteiger partial charge in [0.25, 0.3) is 5.91 Å².